The number of rotatable bonds is 3. The lowest BCUT2D eigenvalue weighted by Gasteiger charge is -2.17. The second-order valence-electron chi connectivity index (χ2n) is 13.4. The molecule has 0 unspecified atom stereocenters. The summed E-state index contributed by atoms with van der Waals surface area (Å²) in [5, 5.41) is 2.66. The fourth-order valence-corrected chi connectivity index (χ4v) is 6.18. The van der Waals surface area contributed by atoms with Gasteiger partial charge in [0.15, 0.2) is 0 Å². The Kier molecular flexibility index (Phi) is 6.07. The highest BCUT2D eigenvalue weighted by Crippen LogP contribution is 2.37. The molecule has 202 valence electrons. The van der Waals surface area contributed by atoms with Crippen LogP contribution >= 0.6 is 0 Å². The first-order chi connectivity index (χ1) is 18.9. The van der Waals surface area contributed by atoms with Gasteiger partial charge in [-0.25, -0.2) is 0 Å². The molecule has 0 aliphatic heterocycles. The molecule has 0 N–H and O–H groups in total. The molecule has 4 aromatic carbocycles. The molecule has 0 atom stereocenters. The van der Waals surface area contributed by atoms with E-state index in [-0.39, 0.29) is 10.8 Å². The zero-order chi connectivity index (χ0) is 28.4. The summed E-state index contributed by atoms with van der Waals surface area (Å²) in [6.07, 6.45) is 4.65. The molecule has 0 bridgehead atoms. The van der Waals surface area contributed by atoms with Gasteiger partial charge in [0.1, 0.15) is 0 Å². The first-order valence-electron chi connectivity index (χ1n) is 14.4. The Morgan fingerprint density at radius 3 is 1.20 bits per heavy atom. The Morgan fingerprint density at radius 1 is 0.475 bits per heavy atom. The molecule has 0 fully saturated rings. The van der Waals surface area contributed by atoms with Crippen LogP contribution < -0.4 is 0 Å². The normalized spacial score (nSPS) is 12.5. The number of hydrogen-bond donors (Lipinski definition) is 0. The number of fused-ring (bicyclic) bond motifs is 2. The van der Waals surface area contributed by atoms with Crippen molar-refractivity contribution in [3.05, 3.63) is 120 Å². The molecule has 2 heterocycles. The lowest BCUT2D eigenvalue weighted by molar-refractivity contribution is 0.594. The summed E-state index contributed by atoms with van der Waals surface area (Å²) in [6, 6.07) is 31.3. The molecule has 0 saturated carbocycles. The van der Waals surface area contributed by atoms with Crippen LogP contribution in [0.1, 0.15) is 63.8 Å². The van der Waals surface area contributed by atoms with Crippen LogP contribution in [0.4, 0.5) is 0 Å². The van der Waals surface area contributed by atoms with Crippen LogP contribution in [0.15, 0.2) is 97.3 Å². The van der Waals surface area contributed by atoms with Crippen molar-refractivity contribution in [3.8, 4) is 22.5 Å². The van der Waals surface area contributed by atoms with Crippen molar-refractivity contribution in [2.24, 2.45) is 0 Å². The zero-order valence-electron chi connectivity index (χ0n) is 25.1. The third-order valence-electron chi connectivity index (χ3n) is 8.31. The van der Waals surface area contributed by atoms with E-state index in [1.165, 1.54) is 66.6 Å². The van der Waals surface area contributed by atoms with Gasteiger partial charge in [-0.2, -0.15) is 0 Å². The summed E-state index contributed by atoms with van der Waals surface area (Å²) in [5.41, 5.74) is 13.0. The minimum Gasteiger partial charge on any atom is -0.316 e. The molecule has 6 aromatic rings. The highest BCUT2D eigenvalue weighted by atomic mass is 15.0. The minimum absolute atomic E-state index is 0.0807. The summed E-state index contributed by atoms with van der Waals surface area (Å²) in [7, 11) is 0. The van der Waals surface area contributed by atoms with E-state index in [1.54, 1.807) is 0 Å². The first-order valence-corrected chi connectivity index (χ1v) is 14.4. The standard InChI is InChI=1S/C38H40N2/c1-25-21-27(39-23-33(37(3,4)5)31-13-9-11-15-35(31)39)17-19-29(25)30-20-18-28(22-26(30)2)40-24-34(38(6,7)8)32-14-10-12-16-36(32)40/h9-24H,1-8H3. The van der Waals surface area contributed by atoms with E-state index in [0.29, 0.717) is 0 Å². The maximum atomic E-state index is 2.35. The number of aryl methyl sites for hydroxylation is 2. The Bertz CT molecular complexity index is 1740. The van der Waals surface area contributed by atoms with Crippen molar-refractivity contribution in [3.63, 3.8) is 0 Å². The molecule has 6 rings (SSSR count). The van der Waals surface area contributed by atoms with Crippen LogP contribution in [-0.2, 0) is 10.8 Å². The van der Waals surface area contributed by atoms with Crippen molar-refractivity contribution in [1.82, 2.24) is 9.13 Å². The van der Waals surface area contributed by atoms with Gasteiger partial charge < -0.3 is 9.13 Å². The highest BCUT2D eigenvalue weighted by molar-refractivity contribution is 5.88. The fraction of sp³-hybridized carbons (Fsp3) is 0.263. The number of aromatic nitrogens is 2. The Balaban J connectivity index is 1.41. The second-order valence-corrected chi connectivity index (χ2v) is 13.4. The summed E-state index contributed by atoms with van der Waals surface area (Å²) in [6.45, 7) is 18.2. The molecule has 0 spiro atoms. The van der Waals surface area contributed by atoms with Gasteiger partial charge in [-0.05, 0) is 94.5 Å². The van der Waals surface area contributed by atoms with E-state index >= 15 is 0 Å². The molecule has 2 aromatic heterocycles. The average molecular weight is 525 g/mol. The van der Waals surface area contributed by atoms with E-state index in [0.717, 1.165) is 0 Å². The molecule has 0 saturated heterocycles. The van der Waals surface area contributed by atoms with E-state index in [1.807, 2.05) is 0 Å². The molecular weight excluding hydrogens is 484 g/mol. The maximum absolute atomic E-state index is 2.35. The van der Waals surface area contributed by atoms with Crippen molar-refractivity contribution in [2.45, 2.75) is 66.2 Å². The molecule has 0 amide bonds. The predicted octanol–water partition coefficient (Wildman–Crippen LogP) is 10.5. The van der Waals surface area contributed by atoms with Crippen LogP contribution in [0.25, 0.3) is 44.3 Å². The first kappa shape index (κ1) is 26.2. The van der Waals surface area contributed by atoms with Crippen molar-refractivity contribution >= 4 is 21.8 Å². The lowest BCUT2D eigenvalue weighted by Crippen LogP contribution is -2.10. The molecule has 0 radical (unpaired) electrons. The SMILES string of the molecule is Cc1cc(-n2cc(C(C)(C)C)c3ccccc32)ccc1-c1ccc(-n2cc(C(C)(C)C)c3ccccc32)cc1C. The molecule has 0 aliphatic rings. The number of nitrogens with zero attached hydrogens (tertiary/aromatic N) is 2. The van der Waals surface area contributed by atoms with Crippen LogP contribution in [0.5, 0.6) is 0 Å². The van der Waals surface area contributed by atoms with Crippen LogP contribution in [0.2, 0.25) is 0 Å². The van der Waals surface area contributed by atoms with E-state index in [4.69, 9.17) is 0 Å². The van der Waals surface area contributed by atoms with Gasteiger partial charge in [0.2, 0.25) is 0 Å². The van der Waals surface area contributed by atoms with Crippen LogP contribution in [-0.4, -0.2) is 9.13 Å². The van der Waals surface area contributed by atoms with E-state index in [9.17, 15) is 0 Å². The minimum atomic E-state index is 0.0807. The predicted molar refractivity (Wildman–Crippen MR) is 172 cm³/mol. The second kappa shape index (κ2) is 9.27. The Morgan fingerprint density at radius 2 is 0.850 bits per heavy atom. The quantitative estimate of drug-likeness (QED) is 0.218. The van der Waals surface area contributed by atoms with Crippen LogP contribution in [0.3, 0.4) is 0 Å². The molecular formula is C38H40N2. The van der Waals surface area contributed by atoms with Crippen molar-refractivity contribution in [2.75, 3.05) is 0 Å². The molecule has 2 nitrogen and oxygen atoms in total. The third kappa shape index (κ3) is 4.36. The fourth-order valence-electron chi connectivity index (χ4n) is 6.18. The van der Waals surface area contributed by atoms with Crippen molar-refractivity contribution in [1.29, 1.82) is 0 Å². The van der Waals surface area contributed by atoms with Gasteiger partial charge in [0, 0.05) is 34.5 Å². The van der Waals surface area contributed by atoms with Gasteiger partial charge in [-0.3, -0.25) is 0 Å². The van der Waals surface area contributed by atoms with E-state index < -0.39 is 0 Å². The number of hydrogen-bond acceptors (Lipinski definition) is 0. The summed E-state index contributed by atoms with van der Waals surface area (Å²) in [5.74, 6) is 0. The van der Waals surface area contributed by atoms with E-state index in [2.05, 4.69) is 162 Å². The van der Waals surface area contributed by atoms with Gasteiger partial charge in [-0.1, -0.05) is 90.1 Å². The summed E-state index contributed by atoms with van der Waals surface area (Å²) < 4.78 is 4.71. The van der Waals surface area contributed by atoms with Gasteiger partial charge in [-0.15, -0.1) is 0 Å². The van der Waals surface area contributed by atoms with Crippen LogP contribution in [0, 0.1) is 13.8 Å². The summed E-state index contributed by atoms with van der Waals surface area (Å²) >= 11 is 0. The smallest absolute Gasteiger partial charge is 0.0531 e. The monoisotopic (exact) mass is 524 g/mol. The van der Waals surface area contributed by atoms with Gasteiger partial charge >= 0.3 is 0 Å². The number of benzene rings is 4. The molecule has 2 heteroatoms. The number of para-hydroxylation sites is 2. The van der Waals surface area contributed by atoms with Gasteiger partial charge in [0.05, 0.1) is 11.0 Å². The maximum Gasteiger partial charge on any atom is 0.0531 e. The molecule has 40 heavy (non-hydrogen) atoms. The Labute approximate surface area is 238 Å². The Hall–Kier alpha value is -4.04. The van der Waals surface area contributed by atoms with Gasteiger partial charge in [0.25, 0.3) is 0 Å². The largest absolute Gasteiger partial charge is 0.316 e. The lowest BCUT2D eigenvalue weighted by atomic mass is 9.87. The van der Waals surface area contributed by atoms with Crippen molar-refractivity contribution < 1.29 is 0 Å². The topological polar surface area (TPSA) is 9.86 Å². The highest BCUT2D eigenvalue weighted by Gasteiger charge is 2.22. The molecule has 0 aliphatic carbocycles. The average Bonchev–Trinajstić information content (AvgIpc) is 3.49. The third-order valence-corrected chi connectivity index (χ3v) is 8.31. The summed E-state index contributed by atoms with van der Waals surface area (Å²) in [4.78, 5) is 0. The zero-order valence-corrected chi connectivity index (χ0v) is 25.1.